The number of benzene rings is 1. The summed E-state index contributed by atoms with van der Waals surface area (Å²) in [6.45, 7) is 8.53. The summed E-state index contributed by atoms with van der Waals surface area (Å²) in [7, 11) is 0. The SMILES string of the molecule is Cc1cccc(-c2nccc(Nc3ccnc(Nc4ccc(F)c(CN5CC(C)NC(C)C5)c4)n3)n2)n1. The van der Waals surface area contributed by atoms with Crippen molar-refractivity contribution in [2.24, 2.45) is 0 Å². The summed E-state index contributed by atoms with van der Waals surface area (Å²) < 4.78 is 14.6. The first-order valence-electron chi connectivity index (χ1n) is 12.3. The molecule has 1 aromatic carbocycles. The van der Waals surface area contributed by atoms with Gasteiger partial charge in [0.1, 0.15) is 23.1 Å². The zero-order valence-electron chi connectivity index (χ0n) is 21.1. The Morgan fingerprint density at radius 2 is 1.68 bits per heavy atom. The Morgan fingerprint density at radius 3 is 2.46 bits per heavy atom. The molecule has 4 heterocycles. The third-order valence-corrected chi connectivity index (χ3v) is 6.01. The van der Waals surface area contributed by atoms with E-state index in [1.54, 1.807) is 30.6 Å². The van der Waals surface area contributed by atoms with Crippen LogP contribution >= 0.6 is 0 Å². The number of pyridine rings is 1. The number of nitrogens with one attached hydrogen (secondary N) is 3. The predicted molar refractivity (Wildman–Crippen MR) is 142 cm³/mol. The van der Waals surface area contributed by atoms with Crippen molar-refractivity contribution in [2.75, 3.05) is 23.7 Å². The molecule has 0 aliphatic carbocycles. The quantitative estimate of drug-likeness (QED) is 0.340. The Morgan fingerprint density at radius 1 is 0.919 bits per heavy atom. The highest BCUT2D eigenvalue weighted by Crippen LogP contribution is 2.22. The highest BCUT2D eigenvalue weighted by atomic mass is 19.1. The summed E-state index contributed by atoms with van der Waals surface area (Å²) in [5.74, 6) is 1.84. The smallest absolute Gasteiger partial charge is 0.229 e. The molecule has 3 N–H and O–H groups in total. The number of aromatic nitrogens is 5. The van der Waals surface area contributed by atoms with Crippen LogP contribution in [0.3, 0.4) is 0 Å². The number of piperazine rings is 1. The Hall–Kier alpha value is -4.02. The number of aryl methyl sites for hydroxylation is 1. The van der Waals surface area contributed by atoms with Gasteiger partial charge in [0.25, 0.3) is 0 Å². The van der Waals surface area contributed by atoms with Gasteiger partial charge in [-0.15, -0.1) is 0 Å². The molecule has 3 aromatic heterocycles. The Labute approximate surface area is 215 Å². The molecule has 2 atom stereocenters. The standard InChI is InChI=1S/C27H30FN9/c1-17-5-4-6-23(32-17)26-29-11-9-24(35-26)34-25-10-12-30-27(36-25)33-21-7-8-22(28)20(13-21)16-37-14-18(2)31-19(3)15-37/h4-13,18-19,31H,14-16H2,1-3H3,(H2,29,30,33,34,35,36). The predicted octanol–water partition coefficient (Wildman–Crippen LogP) is 4.45. The Bertz CT molecular complexity index is 1370. The third kappa shape index (κ3) is 6.41. The molecule has 1 aliphatic rings. The molecular formula is C27H30FN9. The molecule has 0 amide bonds. The first-order chi connectivity index (χ1) is 17.9. The van der Waals surface area contributed by atoms with Crippen LogP contribution in [0.5, 0.6) is 0 Å². The fraction of sp³-hybridized carbons (Fsp3) is 0.296. The van der Waals surface area contributed by atoms with Crippen molar-refractivity contribution >= 4 is 23.3 Å². The van der Waals surface area contributed by atoms with E-state index in [1.807, 2.05) is 31.2 Å². The summed E-state index contributed by atoms with van der Waals surface area (Å²) in [6, 6.07) is 15.0. The summed E-state index contributed by atoms with van der Waals surface area (Å²) in [4.78, 5) is 24.5. The van der Waals surface area contributed by atoms with E-state index in [1.165, 1.54) is 6.07 Å². The van der Waals surface area contributed by atoms with Crippen LogP contribution in [0.1, 0.15) is 25.1 Å². The van der Waals surface area contributed by atoms with Crippen LogP contribution in [0.15, 0.2) is 60.9 Å². The van der Waals surface area contributed by atoms with Crippen molar-refractivity contribution in [1.82, 2.24) is 35.1 Å². The van der Waals surface area contributed by atoms with E-state index in [9.17, 15) is 4.39 Å². The van der Waals surface area contributed by atoms with E-state index in [2.05, 4.69) is 59.6 Å². The van der Waals surface area contributed by atoms with Gasteiger partial charge in [-0.3, -0.25) is 4.90 Å². The second kappa shape index (κ2) is 10.9. The molecule has 0 saturated carbocycles. The van der Waals surface area contributed by atoms with Gasteiger partial charge in [0.05, 0.1) is 0 Å². The molecule has 9 nitrogen and oxygen atoms in total. The first-order valence-corrected chi connectivity index (χ1v) is 12.3. The number of halogens is 1. The van der Waals surface area contributed by atoms with Crippen molar-refractivity contribution in [1.29, 1.82) is 0 Å². The van der Waals surface area contributed by atoms with Crippen molar-refractivity contribution in [2.45, 2.75) is 39.4 Å². The minimum Gasteiger partial charge on any atom is -0.325 e. The molecule has 10 heteroatoms. The van der Waals surface area contributed by atoms with E-state index in [0.717, 1.165) is 24.5 Å². The molecule has 0 radical (unpaired) electrons. The fourth-order valence-corrected chi connectivity index (χ4v) is 4.55. The number of rotatable bonds is 7. The summed E-state index contributed by atoms with van der Waals surface area (Å²) >= 11 is 0. The van der Waals surface area contributed by atoms with E-state index >= 15 is 0 Å². The monoisotopic (exact) mass is 499 g/mol. The molecule has 5 rings (SSSR count). The minimum absolute atomic E-state index is 0.219. The van der Waals surface area contributed by atoms with Gasteiger partial charge in [-0.05, 0) is 63.2 Å². The summed E-state index contributed by atoms with van der Waals surface area (Å²) in [5.41, 5.74) is 2.95. The van der Waals surface area contributed by atoms with Crippen LogP contribution in [0, 0.1) is 12.7 Å². The van der Waals surface area contributed by atoms with Crippen LogP contribution in [-0.2, 0) is 6.54 Å². The molecular weight excluding hydrogens is 469 g/mol. The Balaban J connectivity index is 1.29. The topological polar surface area (TPSA) is 104 Å². The van der Waals surface area contributed by atoms with Crippen LogP contribution < -0.4 is 16.0 Å². The van der Waals surface area contributed by atoms with Crippen molar-refractivity contribution in [3.05, 3.63) is 78.0 Å². The maximum atomic E-state index is 14.6. The van der Waals surface area contributed by atoms with Crippen LogP contribution in [0.4, 0.5) is 27.7 Å². The number of hydrogen-bond donors (Lipinski definition) is 3. The molecule has 0 bridgehead atoms. The van der Waals surface area contributed by atoms with Crippen LogP contribution in [-0.4, -0.2) is 55.0 Å². The first kappa shape index (κ1) is 24.7. The number of nitrogens with zero attached hydrogens (tertiary/aromatic N) is 6. The van der Waals surface area contributed by atoms with E-state index in [-0.39, 0.29) is 5.82 Å². The van der Waals surface area contributed by atoms with Crippen LogP contribution in [0.2, 0.25) is 0 Å². The normalized spacial score (nSPS) is 17.9. The number of hydrogen-bond acceptors (Lipinski definition) is 9. The zero-order valence-corrected chi connectivity index (χ0v) is 21.1. The lowest BCUT2D eigenvalue weighted by atomic mass is 10.1. The highest BCUT2D eigenvalue weighted by Gasteiger charge is 2.21. The van der Waals surface area contributed by atoms with Gasteiger partial charge in [0, 0.05) is 61.1 Å². The van der Waals surface area contributed by atoms with Crippen molar-refractivity contribution in [3.8, 4) is 11.5 Å². The second-order valence-electron chi connectivity index (χ2n) is 9.41. The average molecular weight is 500 g/mol. The Kier molecular flexibility index (Phi) is 7.29. The minimum atomic E-state index is -0.219. The van der Waals surface area contributed by atoms with Gasteiger partial charge in [0.15, 0.2) is 5.82 Å². The lowest BCUT2D eigenvalue weighted by Crippen LogP contribution is -2.53. The summed E-state index contributed by atoms with van der Waals surface area (Å²) in [6.07, 6.45) is 3.32. The van der Waals surface area contributed by atoms with Crippen LogP contribution in [0.25, 0.3) is 11.5 Å². The molecule has 0 spiro atoms. The fourth-order valence-electron chi connectivity index (χ4n) is 4.55. The molecule has 1 saturated heterocycles. The van der Waals surface area contributed by atoms with Gasteiger partial charge in [-0.25, -0.2) is 24.3 Å². The second-order valence-corrected chi connectivity index (χ2v) is 9.41. The molecule has 1 aliphatic heterocycles. The molecule has 2 unspecified atom stereocenters. The largest absolute Gasteiger partial charge is 0.325 e. The van der Waals surface area contributed by atoms with Gasteiger partial charge in [-0.1, -0.05) is 6.07 Å². The maximum Gasteiger partial charge on any atom is 0.229 e. The average Bonchev–Trinajstić information content (AvgIpc) is 2.86. The number of anilines is 4. The van der Waals surface area contributed by atoms with E-state index in [0.29, 0.717) is 53.3 Å². The van der Waals surface area contributed by atoms with Gasteiger partial charge in [0.2, 0.25) is 5.95 Å². The maximum absolute atomic E-state index is 14.6. The third-order valence-electron chi connectivity index (χ3n) is 6.01. The molecule has 1 fully saturated rings. The molecule has 37 heavy (non-hydrogen) atoms. The molecule has 190 valence electrons. The molecule has 4 aromatic rings. The van der Waals surface area contributed by atoms with Crippen molar-refractivity contribution in [3.63, 3.8) is 0 Å². The van der Waals surface area contributed by atoms with E-state index in [4.69, 9.17) is 0 Å². The van der Waals surface area contributed by atoms with Gasteiger partial charge >= 0.3 is 0 Å². The summed E-state index contributed by atoms with van der Waals surface area (Å²) in [5, 5.41) is 9.90. The van der Waals surface area contributed by atoms with E-state index < -0.39 is 0 Å². The van der Waals surface area contributed by atoms with Gasteiger partial charge < -0.3 is 16.0 Å². The highest BCUT2D eigenvalue weighted by molar-refractivity contribution is 5.59. The van der Waals surface area contributed by atoms with Crippen molar-refractivity contribution < 1.29 is 4.39 Å². The van der Waals surface area contributed by atoms with Gasteiger partial charge in [-0.2, -0.15) is 4.98 Å². The lowest BCUT2D eigenvalue weighted by Gasteiger charge is -2.36. The zero-order chi connectivity index (χ0) is 25.8. The lowest BCUT2D eigenvalue weighted by molar-refractivity contribution is 0.165.